The van der Waals surface area contributed by atoms with Crippen molar-refractivity contribution in [2.45, 2.75) is 6.92 Å². The minimum absolute atomic E-state index is 0.615. The van der Waals surface area contributed by atoms with E-state index in [0.717, 1.165) is 43.0 Å². The zero-order valence-electron chi connectivity index (χ0n) is 15.2. The average Bonchev–Trinajstić information content (AvgIpc) is 3.19. The molecule has 4 rings (SSSR count). The predicted molar refractivity (Wildman–Crippen MR) is 113 cm³/mol. The van der Waals surface area contributed by atoms with E-state index < -0.39 is 0 Å². The molecule has 0 fully saturated rings. The van der Waals surface area contributed by atoms with Crippen LogP contribution in [0.5, 0.6) is 5.75 Å². The number of aromatic nitrogens is 2. The first-order valence-electron chi connectivity index (χ1n) is 8.78. The third-order valence-electron chi connectivity index (χ3n) is 4.25. The Morgan fingerprint density at radius 2 is 2.00 bits per heavy atom. The summed E-state index contributed by atoms with van der Waals surface area (Å²) in [5.41, 5.74) is 3.04. The third-order valence-corrected chi connectivity index (χ3v) is 5.49. The lowest BCUT2D eigenvalue weighted by atomic mass is 10.1. The number of fused-ring (bicyclic) bond motifs is 3. The van der Waals surface area contributed by atoms with Crippen LogP contribution >= 0.6 is 22.9 Å². The van der Waals surface area contributed by atoms with Gasteiger partial charge in [0.2, 0.25) is 0 Å². The van der Waals surface area contributed by atoms with Crippen molar-refractivity contribution in [2.24, 2.45) is 0 Å². The standard InChI is InChI=1S/C20H20ClN3O2S/c1-3-26-15-7-4-13(5-8-15)18-19(22-10-11-25-2)24-16-9-6-14(21)12-17(16)27-20(24)23-18/h4-9,12,22H,3,10-11H2,1-2H3. The number of rotatable bonds is 7. The van der Waals surface area contributed by atoms with E-state index >= 15 is 0 Å². The molecule has 0 atom stereocenters. The number of hydrogen-bond acceptors (Lipinski definition) is 5. The number of hydrogen-bond donors (Lipinski definition) is 1. The molecule has 2 aromatic carbocycles. The van der Waals surface area contributed by atoms with E-state index in [9.17, 15) is 0 Å². The molecule has 2 heterocycles. The van der Waals surface area contributed by atoms with Crippen LogP contribution in [-0.2, 0) is 4.74 Å². The second-order valence-electron chi connectivity index (χ2n) is 6.02. The zero-order valence-corrected chi connectivity index (χ0v) is 16.7. The first-order chi connectivity index (χ1) is 13.2. The fourth-order valence-corrected chi connectivity index (χ4v) is 4.36. The first kappa shape index (κ1) is 18.1. The van der Waals surface area contributed by atoms with Crippen molar-refractivity contribution in [3.63, 3.8) is 0 Å². The average molecular weight is 402 g/mol. The SMILES string of the molecule is CCOc1ccc(-c2nc3sc4cc(Cl)ccc4n3c2NCCOC)cc1. The van der Waals surface area contributed by atoms with E-state index in [1.807, 2.05) is 49.4 Å². The molecule has 0 saturated heterocycles. The Labute approximate surface area is 166 Å². The van der Waals surface area contributed by atoms with Gasteiger partial charge in [-0.15, -0.1) is 0 Å². The summed E-state index contributed by atoms with van der Waals surface area (Å²) in [6, 6.07) is 14.0. The van der Waals surface area contributed by atoms with Crippen LogP contribution in [0.15, 0.2) is 42.5 Å². The lowest BCUT2D eigenvalue weighted by molar-refractivity contribution is 0.210. The summed E-state index contributed by atoms with van der Waals surface area (Å²) in [6.45, 7) is 3.94. The van der Waals surface area contributed by atoms with Crippen LogP contribution in [0.2, 0.25) is 5.02 Å². The molecule has 0 amide bonds. The maximum Gasteiger partial charge on any atom is 0.197 e. The Hall–Kier alpha value is -2.28. The third kappa shape index (κ3) is 3.48. The Bertz CT molecular complexity index is 1070. The van der Waals surface area contributed by atoms with Crippen LogP contribution in [0.3, 0.4) is 0 Å². The molecule has 1 N–H and O–H groups in total. The van der Waals surface area contributed by atoms with Crippen LogP contribution in [0, 0.1) is 0 Å². The molecule has 7 heteroatoms. The van der Waals surface area contributed by atoms with Crippen molar-refractivity contribution in [3.8, 4) is 17.0 Å². The van der Waals surface area contributed by atoms with Gasteiger partial charge in [0.15, 0.2) is 4.96 Å². The van der Waals surface area contributed by atoms with Gasteiger partial charge < -0.3 is 14.8 Å². The number of nitrogens with one attached hydrogen (secondary N) is 1. The molecule has 0 aliphatic heterocycles. The Morgan fingerprint density at radius 1 is 1.19 bits per heavy atom. The highest BCUT2D eigenvalue weighted by atomic mass is 35.5. The van der Waals surface area contributed by atoms with Crippen LogP contribution in [0.25, 0.3) is 26.4 Å². The number of imidazole rings is 1. The second kappa shape index (κ2) is 7.76. The molecule has 0 unspecified atom stereocenters. The van der Waals surface area contributed by atoms with E-state index in [2.05, 4.69) is 9.72 Å². The van der Waals surface area contributed by atoms with Gasteiger partial charge in [-0.1, -0.05) is 22.9 Å². The van der Waals surface area contributed by atoms with E-state index in [-0.39, 0.29) is 0 Å². The highest BCUT2D eigenvalue weighted by molar-refractivity contribution is 7.23. The lowest BCUT2D eigenvalue weighted by Gasteiger charge is -2.09. The molecule has 2 aromatic heterocycles. The fraction of sp³-hybridized carbons (Fsp3) is 0.250. The largest absolute Gasteiger partial charge is 0.494 e. The molecule has 4 aromatic rings. The monoisotopic (exact) mass is 401 g/mol. The van der Waals surface area contributed by atoms with Crippen LogP contribution < -0.4 is 10.1 Å². The van der Waals surface area contributed by atoms with Crippen LogP contribution in [0.1, 0.15) is 6.92 Å². The van der Waals surface area contributed by atoms with Crippen molar-refractivity contribution in [3.05, 3.63) is 47.5 Å². The summed E-state index contributed by atoms with van der Waals surface area (Å²) in [5, 5.41) is 4.22. The number of halogens is 1. The minimum atomic E-state index is 0.615. The normalized spacial score (nSPS) is 11.4. The number of methoxy groups -OCH3 is 1. The van der Waals surface area contributed by atoms with E-state index in [1.54, 1.807) is 18.4 Å². The molecular weight excluding hydrogens is 382 g/mol. The van der Waals surface area contributed by atoms with Crippen LogP contribution in [-0.4, -0.2) is 36.3 Å². The number of thiazole rings is 1. The quantitative estimate of drug-likeness (QED) is 0.425. The zero-order chi connectivity index (χ0) is 18.8. The van der Waals surface area contributed by atoms with Gasteiger partial charge in [0.05, 0.1) is 23.4 Å². The van der Waals surface area contributed by atoms with Gasteiger partial charge in [-0.25, -0.2) is 4.98 Å². The number of benzene rings is 2. The van der Waals surface area contributed by atoms with Crippen molar-refractivity contribution < 1.29 is 9.47 Å². The van der Waals surface area contributed by atoms with Crippen molar-refractivity contribution in [1.82, 2.24) is 9.38 Å². The Balaban J connectivity index is 1.84. The van der Waals surface area contributed by atoms with Crippen molar-refractivity contribution in [2.75, 3.05) is 32.2 Å². The number of anilines is 1. The maximum atomic E-state index is 6.16. The van der Waals surface area contributed by atoms with Gasteiger partial charge in [-0.2, -0.15) is 0 Å². The highest BCUT2D eigenvalue weighted by Gasteiger charge is 2.18. The Morgan fingerprint density at radius 3 is 2.74 bits per heavy atom. The molecule has 0 bridgehead atoms. The van der Waals surface area contributed by atoms with Crippen LogP contribution in [0.4, 0.5) is 5.82 Å². The molecule has 0 aliphatic carbocycles. The predicted octanol–water partition coefficient (Wildman–Crippen LogP) is 5.33. The minimum Gasteiger partial charge on any atom is -0.494 e. The fourth-order valence-electron chi connectivity index (χ4n) is 3.06. The highest BCUT2D eigenvalue weighted by Crippen LogP contribution is 2.37. The lowest BCUT2D eigenvalue weighted by Crippen LogP contribution is -2.10. The molecule has 5 nitrogen and oxygen atoms in total. The summed E-state index contributed by atoms with van der Waals surface area (Å²) in [4.78, 5) is 5.83. The first-order valence-corrected chi connectivity index (χ1v) is 9.97. The number of ether oxygens (including phenoxy) is 2. The van der Waals surface area contributed by atoms with E-state index in [4.69, 9.17) is 26.1 Å². The van der Waals surface area contributed by atoms with Crippen molar-refractivity contribution in [1.29, 1.82) is 0 Å². The molecule has 0 aliphatic rings. The topological polar surface area (TPSA) is 47.8 Å². The van der Waals surface area contributed by atoms with Gasteiger partial charge in [-0.05, 0) is 49.4 Å². The number of nitrogens with zero attached hydrogens (tertiary/aromatic N) is 2. The summed E-state index contributed by atoms with van der Waals surface area (Å²) < 4.78 is 14.0. The van der Waals surface area contributed by atoms with Gasteiger partial charge >= 0.3 is 0 Å². The second-order valence-corrected chi connectivity index (χ2v) is 7.46. The van der Waals surface area contributed by atoms with Crippen molar-refractivity contribution >= 4 is 43.9 Å². The van der Waals surface area contributed by atoms with Gasteiger partial charge in [0, 0.05) is 24.2 Å². The smallest absolute Gasteiger partial charge is 0.197 e. The Kier molecular flexibility index (Phi) is 5.20. The van der Waals surface area contributed by atoms with E-state index in [1.165, 1.54) is 0 Å². The molecule has 140 valence electrons. The molecule has 0 spiro atoms. The summed E-state index contributed by atoms with van der Waals surface area (Å²) in [6.07, 6.45) is 0. The molecule has 27 heavy (non-hydrogen) atoms. The van der Waals surface area contributed by atoms with Gasteiger partial charge in [0.1, 0.15) is 17.3 Å². The molecular formula is C20H20ClN3O2S. The van der Waals surface area contributed by atoms with E-state index in [0.29, 0.717) is 19.8 Å². The summed E-state index contributed by atoms with van der Waals surface area (Å²) in [5.74, 6) is 1.82. The summed E-state index contributed by atoms with van der Waals surface area (Å²) >= 11 is 7.78. The van der Waals surface area contributed by atoms with Gasteiger partial charge in [0.25, 0.3) is 0 Å². The summed E-state index contributed by atoms with van der Waals surface area (Å²) in [7, 11) is 1.70. The molecule has 0 radical (unpaired) electrons. The maximum absolute atomic E-state index is 6.16. The van der Waals surface area contributed by atoms with Gasteiger partial charge in [-0.3, -0.25) is 4.40 Å². The molecule has 0 saturated carbocycles.